The summed E-state index contributed by atoms with van der Waals surface area (Å²) < 4.78 is 17.9. The van der Waals surface area contributed by atoms with E-state index in [-0.39, 0.29) is 5.75 Å². The fraction of sp³-hybridized carbons (Fsp3) is 0.222. The molecule has 0 aliphatic rings. The van der Waals surface area contributed by atoms with E-state index in [4.69, 9.17) is 9.84 Å². The SMILES string of the molecule is CC(Oc1cc(S)ccc1F)C(=O)O. The average molecular weight is 216 g/mol. The van der Waals surface area contributed by atoms with Crippen molar-refractivity contribution in [2.24, 2.45) is 0 Å². The first-order valence-electron chi connectivity index (χ1n) is 3.88. The lowest BCUT2D eigenvalue weighted by atomic mass is 10.3. The van der Waals surface area contributed by atoms with Gasteiger partial charge in [-0.25, -0.2) is 9.18 Å². The Balaban J connectivity index is 2.85. The van der Waals surface area contributed by atoms with Crippen molar-refractivity contribution in [3.63, 3.8) is 0 Å². The van der Waals surface area contributed by atoms with E-state index < -0.39 is 17.9 Å². The molecular weight excluding hydrogens is 207 g/mol. The summed E-state index contributed by atoms with van der Waals surface area (Å²) >= 11 is 3.98. The van der Waals surface area contributed by atoms with Gasteiger partial charge in [-0.05, 0) is 25.1 Å². The van der Waals surface area contributed by atoms with Crippen LogP contribution in [0.15, 0.2) is 23.1 Å². The van der Waals surface area contributed by atoms with Crippen LogP contribution < -0.4 is 4.74 Å². The Hall–Kier alpha value is -1.23. The van der Waals surface area contributed by atoms with Gasteiger partial charge < -0.3 is 9.84 Å². The molecule has 0 aliphatic carbocycles. The molecule has 0 amide bonds. The molecule has 5 heteroatoms. The van der Waals surface area contributed by atoms with E-state index in [1.165, 1.54) is 25.1 Å². The van der Waals surface area contributed by atoms with E-state index in [9.17, 15) is 9.18 Å². The summed E-state index contributed by atoms with van der Waals surface area (Å²) in [5.74, 6) is -1.85. The normalized spacial score (nSPS) is 12.2. The standard InChI is InChI=1S/C9H9FO3S/c1-5(9(11)12)13-8-4-6(14)2-3-7(8)10/h2-5,14H,1H3,(H,11,12). The van der Waals surface area contributed by atoms with Gasteiger partial charge in [0.05, 0.1) is 0 Å². The van der Waals surface area contributed by atoms with Crippen LogP contribution in [-0.4, -0.2) is 17.2 Å². The zero-order chi connectivity index (χ0) is 10.7. The van der Waals surface area contributed by atoms with Gasteiger partial charge in [-0.2, -0.15) is 0 Å². The molecular formula is C9H9FO3S. The molecule has 0 heterocycles. The zero-order valence-electron chi connectivity index (χ0n) is 7.40. The number of carboxylic acid groups (broad SMARTS) is 1. The van der Waals surface area contributed by atoms with Crippen molar-refractivity contribution in [1.82, 2.24) is 0 Å². The second-order valence-corrected chi connectivity index (χ2v) is 3.23. The molecule has 0 saturated heterocycles. The summed E-state index contributed by atoms with van der Waals surface area (Å²) in [6, 6.07) is 3.96. The van der Waals surface area contributed by atoms with Gasteiger partial charge >= 0.3 is 5.97 Å². The second kappa shape index (κ2) is 4.32. The molecule has 1 unspecified atom stereocenters. The van der Waals surface area contributed by atoms with E-state index in [1.54, 1.807) is 0 Å². The third-order valence-electron chi connectivity index (χ3n) is 1.57. The number of halogens is 1. The highest BCUT2D eigenvalue weighted by Gasteiger charge is 2.14. The summed E-state index contributed by atoms with van der Waals surface area (Å²) in [5.41, 5.74) is 0. The predicted octanol–water partition coefficient (Wildman–Crippen LogP) is 1.97. The average Bonchev–Trinajstić information content (AvgIpc) is 2.11. The minimum atomic E-state index is -1.14. The maximum Gasteiger partial charge on any atom is 0.344 e. The molecule has 3 nitrogen and oxygen atoms in total. The fourth-order valence-electron chi connectivity index (χ4n) is 0.823. The molecule has 1 aromatic carbocycles. The molecule has 14 heavy (non-hydrogen) atoms. The van der Waals surface area contributed by atoms with Gasteiger partial charge in [0.25, 0.3) is 0 Å². The molecule has 0 aliphatic heterocycles. The summed E-state index contributed by atoms with van der Waals surface area (Å²) in [6.07, 6.45) is -1.08. The Bertz CT molecular complexity index is 354. The Kier molecular flexibility index (Phi) is 3.35. The molecule has 1 rings (SSSR count). The summed E-state index contributed by atoms with van der Waals surface area (Å²) in [4.78, 5) is 10.9. The third-order valence-corrected chi connectivity index (χ3v) is 1.84. The van der Waals surface area contributed by atoms with Crippen LogP contribution in [0.4, 0.5) is 4.39 Å². The zero-order valence-corrected chi connectivity index (χ0v) is 8.29. The molecule has 1 aromatic rings. The van der Waals surface area contributed by atoms with Gasteiger partial charge in [0.15, 0.2) is 17.7 Å². The van der Waals surface area contributed by atoms with E-state index in [2.05, 4.69) is 12.6 Å². The van der Waals surface area contributed by atoms with E-state index in [1.807, 2.05) is 0 Å². The van der Waals surface area contributed by atoms with Crippen molar-refractivity contribution in [1.29, 1.82) is 0 Å². The van der Waals surface area contributed by atoms with Crippen molar-refractivity contribution >= 4 is 18.6 Å². The lowest BCUT2D eigenvalue weighted by Gasteiger charge is -2.11. The Labute approximate surface area is 85.9 Å². The quantitative estimate of drug-likeness (QED) is 0.759. The van der Waals surface area contributed by atoms with Crippen LogP contribution in [0.3, 0.4) is 0 Å². The third kappa shape index (κ3) is 2.63. The number of ether oxygens (including phenoxy) is 1. The van der Waals surface area contributed by atoms with Crippen molar-refractivity contribution in [3.8, 4) is 5.75 Å². The number of carbonyl (C=O) groups is 1. The number of hydrogen-bond acceptors (Lipinski definition) is 3. The highest BCUT2D eigenvalue weighted by atomic mass is 32.1. The highest BCUT2D eigenvalue weighted by Crippen LogP contribution is 2.21. The lowest BCUT2D eigenvalue weighted by Crippen LogP contribution is -2.23. The van der Waals surface area contributed by atoms with Crippen LogP contribution in [0.2, 0.25) is 0 Å². The molecule has 0 fully saturated rings. The monoisotopic (exact) mass is 216 g/mol. The number of hydrogen-bond donors (Lipinski definition) is 2. The summed E-state index contributed by atoms with van der Waals surface area (Å²) in [7, 11) is 0. The molecule has 0 aromatic heterocycles. The maximum atomic E-state index is 13.0. The largest absolute Gasteiger partial charge is 0.479 e. The number of rotatable bonds is 3. The minimum absolute atomic E-state index is 0.104. The number of carboxylic acids is 1. The molecule has 0 saturated carbocycles. The van der Waals surface area contributed by atoms with Crippen molar-refractivity contribution in [2.75, 3.05) is 0 Å². The van der Waals surface area contributed by atoms with Crippen LogP contribution in [0.1, 0.15) is 6.92 Å². The molecule has 0 radical (unpaired) electrons. The van der Waals surface area contributed by atoms with Gasteiger partial charge in [-0.15, -0.1) is 12.6 Å². The van der Waals surface area contributed by atoms with Gasteiger partial charge in [0.2, 0.25) is 0 Å². The first-order valence-corrected chi connectivity index (χ1v) is 4.33. The van der Waals surface area contributed by atoms with Gasteiger partial charge in [0, 0.05) is 4.90 Å². The topological polar surface area (TPSA) is 46.5 Å². The Morgan fingerprint density at radius 2 is 2.29 bits per heavy atom. The van der Waals surface area contributed by atoms with E-state index in [0.29, 0.717) is 4.90 Å². The van der Waals surface area contributed by atoms with Crippen LogP contribution in [0.5, 0.6) is 5.75 Å². The van der Waals surface area contributed by atoms with Crippen LogP contribution in [0, 0.1) is 5.82 Å². The summed E-state index contributed by atoms with van der Waals surface area (Å²) in [5, 5.41) is 8.54. The van der Waals surface area contributed by atoms with Crippen molar-refractivity contribution in [3.05, 3.63) is 24.0 Å². The van der Waals surface area contributed by atoms with Gasteiger partial charge in [-0.1, -0.05) is 0 Å². The fourth-order valence-corrected chi connectivity index (χ4v) is 1.02. The minimum Gasteiger partial charge on any atom is -0.479 e. The molecule has 0 spiro atoms. The molecule has 76 valence electrons. The Morgan fingerprint density at radius 1 is 1.64 bits per heavy atom. The van der Waals surface area contributed by atoms with Crippen LogP contribution in [-0.2, 0) is 4.79 Å². The molecule has 0 bridgehead atoms. The van der Waals surface area contributed by atoms with E-state index in [0.717, 1.165) is 0 Å². The van der Waals surface area contributed by atoms with E-state index >= 15 is 0 Å². The number of aliphatic carboxylic acids is 1. The van der Waals surface area contributed by atoms with Gasteiger partial charge in [0.1, 0.15) is 0 Å². The first-order chi connectivity index (χ1) is 6.50. The Morgan fingerprint density at radius 3 is 2.86 bits per heavy atom. The lowest BCUT2D eigenvalue weighted by molar-refractivity contribution is -0.144. The highest BCUT2D eigenvalue weighted by molar-refractivity contribution is 7.80. The number of thiol groups is 1. The summed E-state index contributed by atoms with van der Waals surface area (Å²) in [6.45, 7) is 1.33. The second-order valence-electron chi connectivity index (χ2n) is 2.71. The molecule has 1 N–H and O–H groups in total. The maximum absolute atomic E-state index is 13.0. The first kappa shape index (κ1) is 10.8. The predicted molar refractivity (Wildman–Crippen MR) is 51.4 cm³/mol. The van der Waals surface area contributed by atoms with Crippen molar-refractivity contribution in [2.45, 2.75) is 17.9 Å². The van der Waals surface area contributed by atoms with Gasteiger partial charge in [-0.3, -0.25) is 0 Å². The van der Waals surface area contributed by atoms with Crippen LogP contribution >= 0.6 is 12.6 Å². The molecule has 1 atom stereocenters. The smallest absolute Gasteiger partial charge is 0.344 e. The number of benzene rings is 1. The van der Waals surface area contributed by atoms with Crippen LogP contribution in [0.25, 0.3) is 0 Å². The van der Waals surface area contributed by atoms with Crippen molar-refractivity contribution < 1.29 is 19.0 Å².